The van der Waals surface area contributed by atoms with Gasteiger partial charge in [-0.15, -0.1) is 0 Å². The summed E-state index contributed by atoms with van der Waals surface area (Å²) < 4.78 is 24.6. The fourth-order valence-corrected chi connectivity index (χ4v) is 3.68. The van der Waals surface area contributed by atoms with E-state index in [1.165, 1.54) is 12.1 Å². The number of morpholine rings is 1. The van der Waals surface area contributed by atoms with Gasteiger partial charge in [0, 0.05) is 43.2 Å². The van der Waals surface area contributed by atoms with Crippen molar-refractivity contribution in [1.82, 2.24) is 15.2 Å². The first-order valence-electron chi connectivity index (χ1n) is 10.7. The van der Waals surface area contributed by atoms with Gasteiger partial charge in [0.05, 0.1) is 19.3 Å². The summed E-state index contributed by atoms with van der Waals surface area (Å²) >= 11 is 0. The third kappa shape index (κ3) is 5.90. The second-order valence-corrected chi connectivity index (χ2v) is 7.60. The fourth-order valence-electron chi connectivity index (χ4n) is 3.68. The molecule has 1 saturated heterocycles. The van der Waals surface area contributed by atoms with E-state index in [1.54, 1.807) is 48.8 Å². The Bertz CT molecular complexity index is 991. The molecule has 6 nitrogen and oxygen atoms in total. The van der Waals surface area contributed by atoms with Crippen LogP contribution in [0.5, 0.6) is 5.75 Å². The molecule has 3 aromatic rings. The number of rotatable bonds is 8. The molecule has 166 valence electrons. The fraction of sp³-hybridized carbons (Fsp3) is 0.280. The zero-order chi connectivity index (χ0) is 22.2. The van der Waals surface area contributed by atoms with E-state index in [0.29, 0.717) is 37.7 Å². The second kappa shape index (κ2) is 10.8. The Morgan fingerprint density at radius 1 is 1.09 bits per heavy atom. The zero-order valence-electron chi connectivity index (χ0n) is 17.7. The first-order valence-corrected chi connectivity index (χ1v) is 10.7. The van der Waals surface area contributed by atoms with Gasteiger partial charge >= 0.3 is 0 Å². The number of nitrogens with zero attached hydrogens (tertiary/aromatic N) is 2. The van der Waals surface area contributed by atoms with Gasteiger partial charge in [0.1, 0.15) is 18.2 Å². The summed E-state index contributed by atoms with van der Waals surface area (Å²) in [7, 11) is 0. The van der Waals surface area contributed by atoms with E-state index in [4.69, 9.17) is 9.47 Å². The highest BCUT2D eigenvalue weighted by molar-refractivity contribution is 5.94. The smallest absolute Gasteiger partial charge is 0.251 e. The Morgan fingerprint density at radius 3 is 2.53 bits per heavy atom. The van der Waals surface area contributed by atoms with Gasteiger partial charge in [-0.05, 0) is 48.0 Å². The largest absolute Gasteiger partial charge is 0.489 e. The van der Waals surface area contributed by atoms with Gasteiger partial charge in [0.15, 0.2) is 0 Å². The number of pyridine rings is 1. The van der Waals surface area contributed by atoms with Crippen molar-refractivity contribution < 1.29 is 18.7 Å². The molecule has 0 saturated carbocycles. The summed E-state index contributed by atoms with van der Waals surface area (Å²) in [6.07, 6.45) is 3.48. The minimum atomic E-state index is -0.274. The van der Waals surface area contributed by atoms with E-state index in [9.17, 15) is 9.18 Å². The molecule has 2 heterocycles. The molecule has 1 aliphatic heterocycles. The standard InChI is InChI=1S/C25H26FN3O3/c26-22-7-3-20(4-8-22)24(29-12-14-31-15-13-29)17-28-25(30)21-5-9-23(10-6-21)32-18-19-2-1-11-27-16-19/h1-11,16,24H,12-15,17-18H2,(H,28,30). The molecule has 1 unspecified atom stereocenters. The van der Waals surface area contributed by atoms with Gasteiger partial charge < -0.3 is 14.8 Å². The van der Waals surface area contributed by atoms with E-state index in [-0.39, 0.29) is 17.8 Å². The Labute approximate surface area is 187 Å². The molecule has 1 fully saturated rings. The third-order valence-corrected chi connectivity index (χ3v) is 5.44. The summed E-state index contributed by atoms with van der Waals surface area (Å²) in [5.74, 6) is 0.247. The van der Waals surface area contributed by atoms with Crippen LogP contribution in [0.25, 0.3) is 0 Å². The van der Waals surface area contributed by atoms with Gasteiger partial charge in [-0.25, -0.2) is 4.39 Å². The lowest BCUT2D eigenvalue weighted by Crippen LogP contribution is -2.43. The SMILES string of the molecule is O=C(NCC(c1ccc(F)cc1)N1CCOCC1)c1ccc(OCc2cccnc2)cc1. The summed E-state index contributed by atoms with van der Waals surface area (Å²) in [5, 5.41) is 3.02. The molecule has 0 spiro atoms. The average molecular weight is 435 g/mol. The molecule has 1 amide bonds. The average Bonchev–Trinajstić information content (AvgIpc) is 2.85. The van der Waals surface area contributed by atoms with Crippen LogP contribution in [0.15, 0.2) is 73.1 Å². The van der Waals surface area contributed by atoms with Gasteiger partial charge in [0.25, 0.3) is 5.91 Å². The van der Waals surface area contributed by atoms with E-state index in [0.717, 1.165) is 24.2 Å². The van der Waals surface area contributed by atoms with Crippen molar-refractivity contribution in [2.24, 2.45) is 0 Å². The molecular formula is C25H26FN3O3. The molecule has 1 atom stereocenters. The third-order valence-electron chi connectivity index (χ3n) is 5.44. The van der Waals surface area contributed by atoms with Crippen LogP contribution in [-0.4, -0.2) is 48.6 Å². The van der Waals surface area contributed by atoms with Crippen LogP contribution >= 0.6 is 0 Å². The molecule has 7 heteroatoms. The lowest BCUT2D eigenvalue weighted by molar-refractivity contribution is 0.0162. The molecule has 2 aromatic carbocycles. The van der Waals surface area contributed by atoms with Crippen LogP contribution in [-0.2, 0) is 11.3 Å². The van der Waals surface area contributed by atoms with Crippen molar-refractivity contribution >= 4 is 5.91 Å². The van der Waals surface area contributed by atoms with Crippen LogP contribution in [0.2, 0.25) is 0 Å². The van der Waals surface area contributed by atoms with Gasteiger partial charge in [-0.1, -0.05) is 18.2 Å². The molecular weight excluding hydrogens is 409 g/mol. The number of aromatic nitrogens is 1. The Balaban J connectivity index is 1.36. The first kappa shape index (κ1) is 21.9. The van der Waals surface area contributed by atoms with Crippen LogP contribution < -0.4 is 10.1 Å². The van der Waals surface area contributed by atoms with E-state index < -0.39 is 0 Å². The second-order valence-electron chi connectivity index (χ2n) is 7.60. The lowest BCUT2D eigenvalue weighted by Gasteiger charge is -2.35. The maximum Gasteiger partial charge on any atom is 0.251 e. The molecule has 0 bridgehead atoms. The van der Waals surface area contributed by atoms with Gasteiger partial charge in [-0.2, -0.15) is 0 Å². The summed E-state index contributed by atoms with van der Waals surface area (Å²) in [5.41, 5.74) is 2.50. The predicted octanol–water partition coefficient (Wildman–Crippen LogP) is 3.60. The number of carbonyl (C=O) groups is 1. The number of ether oxygens (including phenoxy) is 2. The minimum Gasteiger partial charge on any atom is -0.489 e. The van der Waals surface area contributed by atoms with Crippen LogP contribution in [0, 0.1) is 5.82 Å². The van der Waals surface area contributed by atoms with Gasteiger partial charge in [-0.3, -0.25) is 14.7 Å². The number of benzene rings is 2. The van der Waals surface area contributed by atoms with Crippen molar-refractivity contribution in [2.75, 3.05) is 32.8 Å². The Morgan fingerprint density at radius 2 is 1.84 bits per heavy atom. The zero-order valence-corrected chi connectivity index (χ0v) is 17.7. The number of halogens is 1. The summed E-state index contributed by atoms with van der Waals surface area (Å²) in [4.78, 5) is 19.1. The minimum absolute atomic E-state index is 0.0504. The van der Waals surface area contributed by atoms with Crippen LogP contribution in [0.1, 0.15) is 27.5 Å². The Kier molecular flexibility index (Phi) is 7.42. The number of carbonyl (C=O) groups excluding carboxylic acids is 1. The molecule has 1 aromatic heterocycles. The highest BCUT2D eigenvalue weighted by Gasteiger charge is 2.23. The number of amides is 1. The van der Waals surface area contributed by atoms with Crippen molar-refractivity contribution in [1.29, 1.82) is 0 Å². The molecule has 32 heavy (non-hydrogen) atoms. The molecule has 1 aliphatic rings. The normalized spacial score (nSPS) is 15.2. The first-order chi connectivity index (χ1) is 15.7. The van der Waals surface area contributed by atoms with E-state index >= 15 is 0 Å². The summed E-state index contributed by atoms with van der Waals surface area (Å²) in [6.45, 7) is 3.65. The summed E-state index contributed by atoms with van der Waals surface area (Å²) in [6, 6.07) is 17.3. The molecule has 0 radical (unpaired) electrons. The van der Waals surface area contributed by atoms with Crippen molar-refractivity contribution in [3.63, 3.8) is 0 Å². The number of hydrogen-bond donors (Lipinski definition) is 1. The predicted molar refractivity (Wildman–Crippen MR) is 119 cm³/mol. The maximum atomic E-state index is 13.4. The monoisotopic (exact) mass is 435 g/mol. The molecule has 0 aliphatic carbocycles. The lowest BCUT2D eigenvalue weighted by atomic mass is 10.0. The highest BCUT2D eigenvalue weighted by atomic mass is 19.1. The number of hydrogen-bond acceptors (Lipinski definition) is 5. The van der Waals surface area contributed by atoms with Crippen LogP contribution in [0.4, 0.5) is 4.39 Å². The molecule has 1 N–H and O–H groups in total. The maximum absolute atomic E-state index is 13.4. The topological polar surface area (TPSA) is 63.7 Å². The Hall–Kier alpha value is -3.29. The van der Waals surface area contributed by atoms with Crippen molar-refractivity contribution in [2.45, 2.75) is 12.6 Å². The van der Waals surface area contributed by atoms with Crippen LogP contribution in [0.3, 0.4) is 0 Å². The van der Waals surface area contributed by atoms with Gasteiger partial charge in [0.2, 0.25) is 0 Å². The van der Waals surface area contributed by atoms with Crippen molar-refractivity contribution in [3.8, 4) is 5.75 Å². The highest BCUT2D eigenvalue weighted by Crippen LogP contribution is 2.22. The van der Waals surface area contributed by atoms with E-state index in [1.807, 2.05) is 12.1 Å². The molecule has 4 rings (SSSR count). The van der Waals surface area contributed by atoms with E-state index in [2.05, 4.69) is 15.2 Å². The quantitative estimate of drug-likeness (QED) is 0.586. The number of nitrogens with one attached hydrogen (secondary N) is 1. The van der Waals surface area contributed by atoms with Crippen molar-refractivity contribution in [3.05, 3.63) is 95.6 Å².